The van der Waals surface area contributed by atoms with Gasteiger partial charge in [-0.3, -0.25) is 9.59 Å². The van der Waals surface area contributed by atoms with E-state index in [-0.39, 0.29) is 17.5 Å². The fraction of sp³-hybridized carbons (Fsp3) is 0.158. The molecule has 1 amide bonds. The number of rotatable bonds is 4. The van der Waals surface area contributed by atoms with Crippen LogP contribution in [0.2, 0.25) is 0 Å². The van der Waals surface area contributed by atoms with Crippen molar-refractivity contribution >= 4 is 28.3 Å². The molecule has 2 aromatic carbocycles. The van der Waals surface area contributed by atoms with Crippen molar-refractivity contribution in [3.8, 4) is 0 Å². The van der Waals surface area contributed by atoms with Crippen LogP contribution in [-0.2, 0) is 11.8 Å². The van der Waals surface area contributed by atoms with Gasteiger partial charge < -0.3 is 9.88 Å². The zero-order valence-electron chi connectivity index (χ0n) is 13.5. The third-order valence-electron chi connectivity index (χ3n) is 3.99. The van der Waals surface area contributed by atoms with E-state index in [2.05, 4.69) is 5.32 Å². The molecule has 0 aliphatic carbocycles. The number of amides is 1. The molecule has 1 heterocycles. The summed E-state index contributed by atoms with van der Waals surface area (Å²) in [6.45, 7) is 1.79. The molecular formula is C19H17FN2O2. The fourth-order valence-electron chi connectivity index (χ4n) is 2.64. The van der Waals surface area contributed by atoms with Gasteiger partial charge in [0, 0.05) is 35.6 Å². The topological polar surface area (TPSA) is 51.1 Å². The van der Waals surface area contributed by atoms with E-state index in [1.54, 1.807) is 17.6 Å². The van der Waals surface area contributed by atoms with Gasteiger partial charge in [-0.15, -0.1) is 0 Å². The molecule has 0 saturated carbocycles. The second-order valence-corrected chi connectivity index (χ2v) is 5.60. The minimum atomic E-state index is -0.375. The monoisotopic (exact) mass is 324 g/mol. The highest BCUT2D eigenvalue weighted by Gasteiger charge is 2.16. The SMILES string of the molecule is CCC(=O)Nc1ccc2c(c1)cc(C(=O)c1ccc(F)cc1)n2C. The molecule has 0 saturated heterocycles. The largest absolute Gasteiger partial charge is 0.341 e. The lowest BCUT2D eigenvalue weighted by molar-refractivity contribution is -0.115. The third kappa shape index (κ3) is 2.93. The molecule has 0 radical (unpaired) electrons. The third-order valence-corrected chi connectivity index (χ3v) is 3.99. The van der Waals surface area contributed by atoms with Crippen LogP contribution in [0.4, 0.5) is 10.1 Å². The summed E-state index contributed by atoms with van der Waals surface area (Å²) in [5.41, 5.74) is 2.52. The molecule has 0 fully saturated rings. The number of hydrogen-bond acceptors (Lipinski definition) is 2. The average Bonchev–Trinajstić information content (AvgIpc) is 2.91. The molecule has 5 heteroatoms. The number of nitrogens with zero attached hydrogens (tertiary/aromatic N) is 1. The minimum absolute atomic E-state index is 0.0621. The van der Waals surface area contributed by atoms with Gasteiger partial charge in [0.05, 0.1) is 5.69 Å². The Morgan fingerprint density at radius 2 is 1.79 bits per heavy atom. The normalized spacial score (nSPS) is 10.8. The maximum atomic E-state index is 13.0. The van der Waals surface area contributed by atoms with Gasteiger partial charge in [-0.05, 0) is 48.5 Å². The van der Waals surface area contributed by atoms with Gasteiger partial charge >= 0.3 is 0 Å². The van der Waals surface area contributed by atoms with Crippen LogP contribution in [0.25, 0.3) is 10.9 Å². The lowest BCUT2D eigenvalue weighted by Gasteiger charge is -2.05. The lowest BCUT2D eigenvalue weighted by atomic mass is 10.1. The quantitative estimate of drug-likeness (QED) is 0.740. The smallest absolute Gasteiger partial charge is 0.224 e. The number of ketones is 1. The second-order valence-electron chi connectivity index (χ2n) is 5.60. The summed E-state index contributed by atoms with van der Waals surface area (Å²) in [5.74, 6) is -0.611. The first-order valence-corrected chi connectivity index (χ1v) is 7.69. The number of benzene rings is 2. The van der Waals surface area contributed by atoms with Gasteiger partial charge in [0.15, 0.2) is 0 Å². The summed E-state index contributed by atoms with van der Waals surface area (Å²) in [6.07, 6.45) is 0.404. The van der Waals surface area contributed by atoms with Crippen LogP contribution < -0.4 is 5.32 Å². The number of nitrogens with one attached hydrogen (secondary N) is 1. The molecule has 0 atom stereocenters. The van der Waals surface area contributed by atoms with Gasteiger partial charge in [0.25, 0.3) is 0 Å². The van der Waals surface area contributed by atoms with E-state index in [0.29, 0.717) is 23.4 Å². The second kappa shape index (κ2) is 6.28. The van der Waals surface area contributed by atoms with Crippen molar-refractivity contribution in [2.45, 2.75) is 13.3 Å². The maximum Gasteiger partial charge on any atom is 0.224 e. The van der Waals surface area contributed by atoms with Crippen LogP contribution in [0.3, 0.4) is 0 Å². The van der Waals surface area contributed by atoms with E-state index in [0.717, 1.165) is 10.9 Å². The summed E-state index contributed by atoms with van der Waals surface area (Å²) >= 11 is 0. The van der Waals surface area contributed by atoms with Crippen LogP contribution in [0.1, 0.15) is 29.4 Å². The minimum Gasteiger partial charge on any atom is -0.341 e. The fourth-order valence-corrected chi connectivity index (χ4v) is 2.64. The molecule has 4 nitrogen and oxygen atoms in total. The molecule has 24 heavy (non-hydrogen) atoms. The molecule has 1 N–H and O–H groups in total. The number of fused-ring (bicyclic) bond motifs is 1. The molecule has 3 aromatic rings. The maximum absolute atomic E-state index is 13.0. The summed E-state index contributed by atoms with van der Waals surface area (Å²) in [4.78, 5) is 24.2. The van der Waals surface area contributed by atoms with Crippen molar-refractivity contribution in [1.29, 1.82) is 0 Å². The lowest BCUT2D eigenvalue weighted by Crippen LogP contribution is -2.09. The Balaban J connectivity index is 1.99. The molecule has 0 bridgehead atoms. The Bertz CT molecular complexity index is 926. The van der Waals surface area contributed by atoms with E-state index >= 15 is 0 Å². The van der Waals surface area contributed by atoms with E-state index in [1.807, 2.05) is 25.2 Å². The number of aryl methyl sites for hydroxylation is 1. The number of anilines is 1. The van der Waals surface area contributed by atoms with Gasteiger partial charge in [-0.25, -0.2) is 4.39 Å². The van der Waals surface area contributed by atoms with Crippen LogP contribution in [0.5, 0.6) is 0 Å². The van der Waals surface area contributed by atoms with Gasteiger partial charge in [-0.1, -0.05) is 6.92 Å². The van der Waals surface area contributed by atoms with Crippen molar-refractivity contribution in [2.75, 3.05) is 5.32 Å². The number of halogens is 1. The zero-order chi connectivity index (χ0) is 17.3. The summed E-state index contributed by atoms with van der Waals surface area (Å²) in [5, 5.41) is 3.66. The highest BCUT2D eigenvalue weighted by Crippen LogP contribution is 2.24. The van der Waals surface area contributed by atoms with E-state index < -0.39 is 0 Å². The van der Waals surface area contributed by atoms with Crippen molar-refractivity contribution in [3.05, 3.63) is 65.6 Å². The number of carbonyl (C=O) groups is 2. The summed E-state index contributed by atoms with van der Waals surface area (Å²) in [6, 6.07) is 12.8. The Morgan fingerprint density at radius 1 is 1.08 bits per heavy atom. The Labute approximate surface area is 138 Å². The van der Waals surface area contributed by atoms with Gasteiger partial charge in [0.2, 0.25) is 11.7 Å². The molecule has 0 spiro atoms. The Morgan fingerprint density at radius 3 is 2.46 bits per heavy atom. The molecular weight excluding hydrogens is 307 g/mol. The highest BCUT2D eigenvalue weighted by molar-refractivity contribution is 6.10. The molecule has 0 aliphatic heterocycles. The van der Waals surface area contributed by atoms with Gasteiger partial charge in [0.1, 0.15) is 5.82 Å². The zero-order valence-corrected chi connectivity index (χ0v) is 13.5. The van der Waals surface area contributed by atoms with Gasteiger partial charge in [-0.2, -0.15) is 0 Å². The predicted octanol–water partition coefficient (Wildman–Crippen LogP) is 3.90. The molecule has 0 aliphatic rings. The number of carbonyl (C=O) groups excluding carboxylic acids is 2. The number of aromatic nitrogens is 1. The molecule has 0 unspecified atom stereocenters. The van der Waals surface area contributed by atoms with Crippen LogP contribution in [-0.4, -0.2) is 16.3 Å². The molecule has 122 valence electrons. The average molecular weight is 324 g/mol. The highest BCUT2D eigenvalue weighted by atomic mass is 19.1. The standard InChI is InChI=1S/C19H17FN2O2/c1-3-18(23)21-15-8-9-16-13(10-15)11-17(22(16)2)19(24)12-4-6-14(20)7-5-12/h4-11H,3H2,1-2H3,(H,21,23). The van der Waals surface area contributed by atoms with Crippen LogP contribution in [0, 0.1) is 5.82 Å². The van der Waals surface area contributed by atoms with Crippen molar-refractivity contribution < 1.29 is 14.0 Å². The van der Waals surface area contributed by atoms with Crippen LogP contribution in [0.15, 0.2) is 48.5 Å². The van der Waals surface area contributed by atoms with Crippen LogP contribution >= 0.6 is 0 Å². The first-order chi connectivity index (χ1) is 11.5. The van der Waals surface area contributed by atoms with E-state index in [9.17, 15) is 14.0 Å². The van der Waals surface area contributed by atoms with Crippen molar-refractivity contribution in [1.82, 2.24) is 4.57 Å². The Hall–Kier alpha value is -2.95. The summed E-state index contributed by atoms with van der Waals surface area (Å²) in [7, 11) is 1.81. The predicted molar refractivity (Wildman–Crippen MR) is 91.7 cm³/mol. The van der Waals surface area contributed by atoms with E-state index in [1.165, 1.54) is 24.3 Å². The van der Waals surface area contributed by atoms with Crippen molar-refractivity contribution in [2.24, 2.45) is 7.05 Å². The Kier molecular flexibility index (Phi) is 4.16. The number of hydrogen-bond donors (Lipinski definition) is 1. The van der Waals surface area contributed by atoms with Crippen molar-refractivity contribution in [3.63, 3.8) is 0 Å². The first kappa shape index (κ1) is 15.9. The summed E-state index contributed by atoms with van der Waals surface area (Å²) < 4.78 is 14.8. The molecule has 3 rings (SSSR count). The first-order valence-electron chi connectivity index (χ1n) is 7.69. The van der Waals surface area contributed by atoms with E-state index in [4.69, 9.17) is 0 Å². The molecule has 1 aromatic heterocycles.